The van der Waals surface area contributed by atoms with Gasteiger partial charge < -0.3 is 4.74 Å². The highest BCUT2D eigenvalue weighted by atomic mass is 16.6. The molecule has 92 valence electrons. The molecule has 0 spiro atoms. The Morgan fingerprint density at radius 2 is 1.78 bits per heavy atom. The number of hydrogen-bond donors (Lipinski definition) is 0. The van der Waals surface area contributed by atoms with E-state index in [4.69, 9.17) is 4.74 Å². The molecular weight excluding hydrogens is 230 g/mol. The number of benzene rings is 2. The van der Waals surface area contributed by atoms with Crippen molar-refractivity contribution in [2.24, 2.45) is 0 Å². The molecule has 0 saturated carbocycles. The third-order valence-corrected chi connectivity index (χ3v) is 2.90. The van der Waals surface area contributed by atoms with Gasteiger partial charge in [-0.1, -0.05) is 24.3 Å². The summed E-state index contributed by atoms with van der Waals surface area (Å²) < 4.78 is 5.09. The number of hydrogen-bond acceptors (Lipinski definition) is 3. The Bertz CT molecular complexity index is 576. The van der Waals surface area contributed by atoms with Crippen LogP contribution in [0.1, 0.15) is 5.56 Å². The van der Waals surface area contributed by atoms with E-state index < -0.39 is 0 Å². The van der Waals surface area contributed by atoms with Crippen LogP contribution in [-0.2, 0) is 0 Å². The van der Waals surface area contributed by atoms with Crippen molar-refractivity contribution >= 4 is 5.69 Å². The quantitative estimate of drug-likeness (QED) is 0.611. The third kappa shape index (κ3) is 2.18. The Kier molecular flexibility index (Phi) is 3.28. The zero-order chi connectivity index (χ0) is 13.1. The molecule has 0 heterocycles. The fraction of sp³-hybridized carbons (Fsp3) is 0.143. The minimum atomic E-state index is -0.359. The lowest BCUT2D eigenvalue weighted by atomic mass is 9.99. The lowest BCUT2D eigenvalue weighted by Crippen LogP contribution is -1.93. The topological polar surface area (TPSA) is 52.4 Å². The first-order chi connectivity index (χ1) is 8.63. The zero-order valence-corrected chi connectivity index (χ0v) is 10.2. The summed E-state index contributed by atoms with van der Waals surface area (Å²) in [5, 5.41) is 10.9. The van der Waals surface area contributed by atoms with Crippen molar-refractivity contribution in [3.8, 4) is 16.9 Å². The Morgan fingerprint density at radius 1 is 1.11 bits per heavy atom. The number of rotatable bonds is 3. The van der Waals surface area contributed by atoms with E-state index in [9.17, 15) is 10.1 Å². The summed E-state index contributed by atoms with van der Waals surface area (Å²) >= 11 is 0. The molecule has 0 amide bonds. The summed E-state index contributed by atoms with van der Waals surface area (Å²) in [5.41, 5.74) is 2.62. The number of nitrogens with zero attached hydrogens (tertiary/aromatic N) is 1. The lowest BCUT2D eigenvalue weighted by molar-refractivity contribution is -0.385. The van der Waals surface area contributed by atoms with Crippen molar-refractivity contribution < 1.29 is 9.66 Å². The minimum absolute atomic E-state index is 0.142. The Hall–Kier alpha value is -2.36. The van der Waals surface area contributed by atoms with Crippen LogP contribution in [0, 0.1) is 17.0 Å². The molecule has 4 nitrogen and oxygen atoms in total. The maximum Gasteiger partial charge on any atom is 0.272 e. The zero-order valence-electron chi connectivity index (χ0n) is 10.2. The van der Waals surface area contributed by atoms with Crippen LogP contribution in [0.2, 0.25) is 0 Å². The van der Waals surface area contributed by atoms with Crippen LogP contribution in [0.15, 0.2) is 42.5 Å². The summed E-state index contributed by atoms with van der Waals surface area (Å²) in [5.74, 6) is 0.766. The van der Waals surface area contributed by atoms with Gasteiger partial charge in [0.2, 0.25) is 0 Å². The van der Waals surface area contributed by atoms with E-state index in [2.05, 4.69) is 0 Å². The third-order valence-electron chi connectivity index (χ3n) is 2.90. The number of methoxy groups -OCH3 is 1. The number of nitro benzene ring substituents is 1. The molecule has 0 N–H and O–H groups in total. The molecule has 0 unspecified atom stereocenters. The Morgan fingerprint density at radius 3 is 2.33 bits per heavy atom. The van der Waals surface area contributed by atoms with E-state index in [1.54, 1.807) is 20.1 Å². The molecule has 0 bridgehead atoms. The van der Waals surface area contributed by atoms with Crippen molar-refractivity contribution in [2.45, 2.75) is 6.92 Å². The van der Waals surface area contributed by atoms with E-state index in [-0.39, 0.29) is 10.6 Å². The predicted molar refractivity (Wildman–Crippen MR) is 69.8 cm³/mol. The van der Waals surface area contributed by atoms with Gasteiger partial charge in [0.1, 0.15) is 5.75 Å². The normalized spacial score (nSPS) is 10.1. The van der Waals surface area contributed by atoms with E-state index in [1.165, 1.54) is 6.07 Å². The largest absolute Gasteiger partial charge is 0.497 e. The van der Waals surface area contributed by atoms with Gasteiger partial charge in [-0.25, -0.2) is 0 Å². The first-order valence-corrected chi connectivity index (χ1v) is 5.52. The van der Waals surface area contributed by atoms with Crippen molar-refractivity contribution in [1.82, 2.24) is 0 Å². The summed E-state index contributed by atoms with van der Waals surface area (Å²) in [4.78, 5) is 10.5. The van der Waals surface area contributed by atoms with E-state index in [1.807, 2.05) is 30.3 Å². The van der Waals surface area contributed by atoms with Crippen molar-refractivity contribution in [1.29, 1.82) is 0 Å². The predicted octanol–water partition coefficient (Wildman–Crippen LogP) is 3.58. The maximum absolute atomic E-state index is 10.9. The summed E-state index contributed by atoms with van der Waals surface area (Å²) in [7, 11) is 1.60. The molecule has 2 rings (SSSR count). The second kappa shape index (κ2) is 4.87. The summed E-state index contributed by atoms with van der Waals surface area (Å²) in [6, 6.07) is 12.6. The van der Waals surface area contributed by atoms with E-state index in [0.717, 1.165) is 16.9 Å². The fourth-order valence-electron chi connectivity index (χ4n) is 1.90. The van der Waals surface area contributed by atoms with Crippen LogP contribution < -0.4 is 4.74 Å². The highest BCUT2D eigenvalue weighted by molar-refractivity contribution is 5.71. The van der Waals surface area contributed by atoms with Gasteiger partial charge in [-0.3, -0.25) is 10.1 Å². The second-order valence-corrected chi connectivity index (χ2v) is 3.94. The lowest BCUT2D eigenvalue weighted by Gasteiger charge is -2.07. The first-order valence-electron chi connectivity index (χ1n) is 5.52. The van der Waals surface area contributed by atoms with Crippen LogP contribution in [-0.4, -0.2) is 12.0 Å². The monoisotopic (exact) mass is 243 g/mol. The van der Waals surface area contributed by atoms with E-state index in [0.29, 0.717) is 5.56 Å². The van der Waals surface area contributed by atoms with Gasteiger partial charge in [0.05, 0.1) is 12.0 Å². The van der Waals surface area contributed by atoms with Gasteiger partial charge in [0, 0.05) is 11.6 Å². The molecule has 2 aromatic carbocycles. The summed E-state index contributed by atoms with van der Waals surface area (Å²) in [6.45, 7) is 1.76. The SMILES string of the molecule is COc1ccc(-c2cccc([N+](=O)[O-])c2C)cc1. The molecule has 0 aromatic heterocycles. The molecule has 18 heavy (non-hydrogen) atoms. The van der Waals surface area contributed by atoms with Gasteiger partial charge in [0.15, 0.2) is 0 Å². The molecule has 0 aliphatic heterocycles. The average Bonchev–Trinajstić information content (AvgIpc) is 2.39. The van der Waals surface area contributed by atoms with Crippen LogP contribution >= 0.6 is 0 Å². The maximum atomic E-state index is 10.9. The van der Waals surface area contributed by atoms with Gasteiger partial charge in [-0.15, -0.1) is 0 Å². The standard InChI is InChI=1S/C14H13NO3/c1-10-13(4-3-5-14(10)15(16)17)11-6-8-12(18-2)9-7-11/h3-9H,1-2H3. The fourth-order valence-corrected chi connectivity index (χ4v) is 1.90. The molecule has 2 aromatic rings. The number of nitro groups is 1. The Labute approximate surface area is 105 Å². The highest BCUT2D eigenvalue weighted by Crippen LogP contribution is 2.30. The van der Waals surface area contributed by atoms with Crippen LogP contribution in [0.4, 0.5) is 5.69 Å². The molecule has 0 aliphatic rings. The average molecular weight is 243 g/mol. The molecule has 0 aliphatic carbocycles. The second-order valence-electron chi connectivity index (χ2n) is 3.94. The highest BCUT2D eigenvalue weighted by Gasteiger charge is 2.13. The van der Waals surface area contributed by atoms with Crippen molar-refractivity contribution in [3.05, 3.63) is 58.1 Å². The molecule has 0 radical (unpaired) electrons. The molecule has 0 saturated heterocycles. The van der Waals surface area contributed by atoms with Gasteiger partial charge in [0.25, 0.3) is 5.69 Å². The summed E-state index contributed by atoms with van der Waals surface area (Å²) in [6.07, 6.45) is 0. The van der Waals surface area contributed by atoms with Gasteiger partial charge in [-0.05, 0) is 30.2 Å². The van der Waals surface area contributed by atoms with Crippen LogP contribution in [0.3, 0.4) is 0 Å². The molecular formula is C14H13NO3. The Balaban J connectivity index is 2.50. The van der Waals surface area contributed by atoms with Gasteiger partial charge >= 0.3 is 0 Å². The first kappa shape index (κ1) is 12.1. The smallest absolute Gasteiger partial charge is 0.272 e. The number of ether oxygens (including phenoxy) is 1. The van der Waals surface area contributed by atoms with Gasteiger partial charge in [-0.2, -0.15) is 0 Å². The molecule has 0 fully saturated rings. The van der Waals surface area contributed by atoms with Crippen LogP contribution in [0.5, 0.6) is 5.75 Å². The van der Waals surface area contributed by atoms with Crippen LogP contribution in [0.25, 0.3) is 11.1 Å². The van der Waals surface area contributed by atoms with E-state index >= 15 is 0 Å². The van der Waals surface area contributed by atoms with Crippen molar-refractivity contribution in [2.75, 3.05) is 7.11 Å². The molecule has 0 atom stereocenters. The minimum Gasteiger partial charge on any atom is -0.497 e. The van der Waals surface area contributed by atoms with Crippen molar-refractivity contribution in [3.63, 3.8) is 0 Å². The molecule has 4 heteroatoms.